The normalized spacial score (nSPS) is 23.0. The maximum atomic E-state index is 9.24. The molecule has 0 amide bonds. The van der Waals surface area contributed by atoms with Gasteiger partial charge in [0.1, 0.15) is 0 Å². The van der Waals surface area contributed by atoms with Gasteiger partial charge < -0.3 is 5.32 Å². The van der Waals surface area contributed by atoms with Crippen LogP contribution in [-0.4, -0.2) is 12.6 Å². The maximum absolute atomic E-state index is 9.24. The molecule has 1 heterocycles. The van der Waals surface area contributed by atoms with E-state index in [1.54, 1.807) is 0 Å². The van der Waals surface area contributed by atoms with Gasteiger partial charge >= 0.3 is 0 Å². The van der Waals surface area contributed by atoms with E-state index in [4.69, 9.17) is 0 Å². The summed E-state index contributed by atoms with van der Waals surface area (Å²) in [6.45, 7) is 1.05. The summed E-state index contributed by atoms with van der Waals surface area (Å²) in [4.78, 5) is 0. The Morgan fingerprint density at radius 1 is 1.27 bits per heavy atom. The lowest BCUT2D eigenvalue weighted by Gasteiger charge is -2.27. The quantitative estimate of drug-likeness (QED) is 0.796. The molecule has 78 valence electrons. The van der Waals surface area contributed by atoms with Crippen LogP contribution in [0.15, 0.2) is 30.3 Å². The number of benzene rings is 1. The molecule has 15 heavy (non-hydrogen) atoms. The number of hydrogen-bond acceptors (Lipinski definition) is 2. The van der Waals surface area contributed by atoms with E-state index in [0.717, 1.165) is 18.5 Å². The molecule has 0 aliphatic carbocycles. The minimum Gasteiger partial charge on any atom is -0.312 e. The van der Waals surface area contributed by atoms with E-state index < -0.39 is 0 Å². The summed E-state index contributed by atoms with van der Waals surface area (Å²) >= 11 is 0. The van der Waals surface area contributed by atoms with Crippen LogP contribution in [-0.2, 0) is 0 Å². The molecule has 1 N–H and O–H groups in total. The second-order valence-corrected chi connectivity index (χ2v) is 4.07. The van der Waals surface area contributed by atoms with Crippen LogP contribution >= 0.6 is 0 Å². The molecule has 2 atom stereocenters. The van der Waals surface area contributed by atoms with Crippen molar-refractivity contribution in [1.82, 2.24) is 5.32 Å². The van der Waals surface area contributed by atoms with Gasteiger partial charge in [-0.3, -0.25) is 0 Å². The van der Waals surface area contributed by atoms with Gasteiger partial charge in [-0.1, -0.05) is 36.8 Å². The first-order chi connectivity index (χ1) is 7.42. The lowest BCUT2D eigenvalue weighted by molar-refractivity contribution is 0.380. The Balaban J connectivity index is 2.14. The summed E-state index contributed by atoms with van der Waals surface area (Å²) in [7, 11) is 0. The van der Waals surface area contributed by atoms with Gasteiger partial charge in [0.15, 0.2) is 0 Å². The van der Waals surface area contributed by atoms with Gasteiger partial charge in [0.25, 0.3) is 0 Å². The molecule has 1 aliphatic rings. The minimum absolute atomic E-state index is 0.00602. The highest BCUT2D eigenvalue weighted by atomic mass is 14.9. The predicted molar refractivity (Wildman–Crippen MR) is 60.4 cm³/mol. The average molecular weight is 200 g/mol. The lowest BCUT2D eigenvalue weighted by atomic mass is 9.88. The smallest absolute Gasteiger partial charge is 0.0865 e. The molecule has 2 rings (SSSR count). The Bertz CT molecular complexity index is 333. The molecule has 0 aromatic heterocycles. The lowest BCUT2D eigenvalue weighted by Crippen LogP contribution is -2.38. The van der Waals surface area contributed by atoms with Crippen LogP contribution in [0.2, 0.25) is 0 Å². The minimum atomic E-state index is 0.00602. The summed E-state index contributed by atoms with van der Waals surface area (Å²) < 4.78 is 0. The van der Waals surface area contributed by atoms with Crippen molar-refractivity contribution >= 4 is 0 Å². The highest BCUT2D eigenvalue weighted by Gasteiger charge is 2.23. The Morgan fingerprint density at radius 2 is 2.07 bits per heavy atom. The van der Waals surface area contributed by atoms with Crippen molar-refractivity contribution < 1.29 is 0 Å². The topological polar surface area (TPSA) is 35.8 Å². The van der Waals surface area contributed by atoms with Crippen molar-refractivity contribution in [3.8, 4) is 6.07 Å². The van der Waals surface area contributed by atoms with Crippen molar-refractivity contribution in [2.45, 2.75) is 31.2 Å². The van der Waals surface area contributed by atoms with Crippen LogP contribution in [0.5, 0.6) is 0 Å². The predicted octanol–water partition coefficient (Wildman–Crippen LogP) is 2.44. The Morgan fingerprint density at radius 3 is 2.67 bits per heavy atom. The van der Waals surface area contributed by atoms with Crippen LogP contribution in [0.25, 0.3) is 0 Å². The first-order valence-electron chi connectivity index (χ1n) is 5.60. The molecule has 1 aliphatic heterocycles. The third-order valence-electron chi connectivity index (χ3n) is 3.05. The SMILES string of the molecule is N#CC(c1ccccc1)C1CCCCN1. The number of hydrogen-bond donors (Lipinski definition) is 1. The van der Waals surface area contributed by atoms with Crippen LogP contribution in [0.4, 0.5) is 0 Å². The zero-order valence-corrected chi connectivity index (χ0v) is 8.82. The second kappa shape index (κ2) is 4.95. The van der Waals surface area contributed by atoms with Crippen LogP contribution in [0, 0.1) is 11.3 Å². The van der Waals surface area contributed by atoms with Crippen molar-refractivity contribution in [1.29, 1.82) is 5.26 Å². The van der Waals surface area contributed by atoms with E-state index in [9.17, 15) is 5.26 Å². The van der Waals surface area contributed by atoms with Gasteiger partial charge in [0.05, 0.1) is 12.0 Å². The van der Waals surface area contributed by atoms with Crippen molar-refractivity contribution in [3.63, 3.8) is 0 Å². The Kier molecular flexibility index (Phi) is 3.37. The number of nitriles is 1. The summed E-state index contributed by atoms with van der Waals surface area (Å²) in [6.07, 6.45) is 3.60. The maximum Gasteiger partial charge on any atom is 0.0865 e. The third-order valence-corrected chi connectivity index (χ3v) is 3.05. The Hall–Kier alpha value is -1.33. The van der Waals surface area contributed by atoms with E-state index >= 15 is 0 Å². The zero-order chi connectivity index (χ0) is 10.5. The second-order valence-electron chi connectivity index (χ2n) is 4.07. The standard InChI is InChI=1S/C13H16N2/c14-10-12(11-6-2-1-3-7-11)13-8-4-5-9-15-13/h1-3,6-7,12-13,15H,4-5,8-9H2. The number of nitrogens with one attached hydrogen (secondary N) is 1. The monoisotopic (exact) mass is 200 g/mol. The summed E-state index contributed by atoms with van der Waals surface area (Å²) in [5, 5.41) is 12.7. The van der Waals surface area contributed by atoms with E-state index in [1.165, 1.54) is 12.8 Å². The molecule has 2 unspecified atom stereocenters. The first-order valence-corrected chi connectivity index (χ1v) is 5.60. The first kappa shape index (κ1) is 10.2. The number of nitrogens with zero attached hydrogens (tertiary/aromatic N) is 1. The fourth-order valence-electron chi connectivity index (χ4n) is 2.22. The van der Waals surface area contributed by atoms with Gasteiger partial charge in [-0.05, 0) is 24.9 Å². The molecule has 0 bridgehead atoms. The molecule has 0 spiro atoms. The highest BCUT2D eigenvalue weighted by Crippen LogP contribution is 2.24. The summed E-state index contributed by atoms with van der Waals surface area (Å²) in [5.41, 5.74) is 1.14. The fourth-order valence-corrected chi connectivity index (χ4v) is 2.22. The molecule has 2 nitrogen and oxygen atoms in total. The van der Waals surface area contributed by atoms with E-state index in [0.29, 0.717) is 6.04 Å². The number of piperidine rings is 1. The van der Waals surface area contributed by atoms with E-state index in [-0.39, 0.29) is 5.92 Å². The van der Waals surface area contributed by atoms with Gasteiger partial charge in [0, 0.05) is 6.04 Å². The third kappa shape index (κ3) is 2.37. The molecule has 1 fully saturated rings. The van der Waals surface area contributed by atoms with Crippen molar-refractivity contribution in [2.24, 2.45) is 0 Å². The van der Waals surface area contributed by atoms with E-state index in [2.05, 4.69) is 11.4 Å². The highest BCUT2D eigenvalue weighted by molar-refractivity contribution is 5.27. The van der Waals surface area contributed by atoms with Crippen LogP contribution < -0.4 is 5.32 Å². The molecular weight excluding hydrogens is 184 g/mol. The molecule has 1 saturated heterocycles. The van der Waals surface area contributed by atoms with Gasteiger partial charge in [-0.2, -0.15) is 5.26 Å². The molecule has 0 radical (unpaired) electrons. The van der Waals surface area contributed by atoms with Crippen LogP contribution in [0.1, 0.15) is 30.7 Å². The molecule has 2 heteroatoms. The molecule has 1 aromatic rings. The summed E-state index contributed by atoms with van der Waals surface area (Å²) in [6, 6.07) is 12.9. The van der Waals surface area contributed by atoms with Crippen LogP contribution in [0.3, 0.4) is 0 Å². The number of rotatable bonds is 2. The van der Waals surface area contributed by atoms with Crippen molar-refractivity contribution in [2.75, 3.05) is 6.54 Å². The van der Waals surface area contributed by atoms with Gasteiger partial charge in [0.2, 0.25) is 0 Å². The van der Waals surface area contributed by atoms with Crippen molar-refractivity contribution in [3.05, 3.63) is 35.9 Å². The average Bonchev–Trinajstić information content (AvgIpc) is 2.33. The fraction of sp³-hybridized carbons (Fsp3) is 0.462. The largest absolute Gasteiger partial charge is 0.312 e. The molecule has 0 saturated carbocycles. The Labute approximate surface area is 90.9 Å². The van der Waals surface area contributed by atoms with Gasteiger partial charge in [-0.15, -0.1) is 0 Å². The molecular formula is C13H16N2. The summed E-state index contributed by atoms with van der Waals surface area (Å²) in [5.74, 6) is 0.00602. The zero-order valence-electron chi connectivity index (χ0n) is 8.82. The van der Waals surface area contributed by atoms with Gasteiger partial charge in [-0.25, -0.2) is 0 Å². The molecule has 1 aromatic carbocycles. The van der Waals surface area contributed by atoms with E-state index in [1.807, 2.05) is 30.3 Å².